The molecule has 3 atom stereocenters. The molecule has 6 rings (SSSR count). The molecule has 4 aromatic rings. The van der Waals surface area contributed by atoms with Crippen LogP contribution in [0.15, 0.2) is 59.5 Å². The van der Waals surface area contributed by atoms with Crippen LogP contribution >= 0.6 is 0 Å². The van der Waals surface area contributed by atoms with Gasteiger partial charge in [-0.3, -0.25) is 29.0 Å². The van der Waals surface area contributed by atoms with Crippen LogP contribution in [0.4, 0.5) is 0 Å². The number of fused-ring (bicyclic) bond motifs is 19. The van der Waals surface area contributed by atoms with Crippen LogP contribution in [0.25, 0.3) is 10.9 Å². The van der Waals surface area contributed by atoms with Crippen LogP contribution in [-0.4, -0.2) is 74.9 Å². The molecule has 0 aliphatic carbocycles. The summed E-state index contributed by atoms with van der Waals surface area (Å²) in [6.45, 7) is 2.59. The second kappa shape index (κ2) is 18.1. The number of rotatable bonds is 8. The van der Waals surface area contributed by atoms with E-state index in [1.165, 1.54) is 12.1 Å². The van der Waals surface area contributed by atoms with Gasteiger partial charge in [0.1, 0.15) is 29.6 Å². The van der Waals surface area contributed by atoms with E-state index >= 15 is 0 Å². The zero-order chi connectivity index (χ0) is 37.0. The van der Waals surface area contributed by atoms with E-state index in [9.17, 15) is 29.1 Å². The van der Waals surface area contributed by atoms with Gasteiger partial charge in [-0.2, -0.15) is 0 Å². The molecule has 4 heterocycles. The number of hydrogen-bond acceptors (Lipinski definition) is 8. The van der Waals surface area contributed by atoms with E-state index in [1.54, 1.807) is 25.3 Å². The Morgan fingerprint density at radius 1 is 0.808 bits per heavy atom. The molecule has 276 valence electrons. The highest BCUT2D eigenvalue weighted by Gasteiger charge is 2.31. The second-order valence-electron chi connectivity index (χ2n) is 13.3. The van der Waals surface area contributed by atoms with Crippen molar-refractivity contribution < 1.29 is 24.3 Å². The monoisotopic (exact) mass is 712 g/mol. The second-order valence-corrected chi connectivity index (χ2v) is 13.3. The first kappa shape index (κ1) is 37.7. The summed E-state index contributed by atoms with van der Waals surface area (Å²) >= 11 is 0. The van der Waals surface area contributed by atoms with Crippen LogP contribution in [0.5, 0.6) is 5.75 Å². The van der Waals surface area contributed by atoms with Crippen molar-refractivity contribution in [1.82, 2.24) is 36.2 Å². The van der Waals surface area contributed by atoms with E-state index in [4.69, 9.17) is 5.73 Å². The van der Waals surface area contributed by atoms with Gasteiger partial charge in [-0.25, -0.2) is 0 Å². The zero-order valence-corrected chi connectivity index (χ0v) is 29.4. The zero-order valence-electron chi connectivity index (χ0n) is 29.4. The van der Waals surface area contributed by atoms with Gasteiger partial charge >= 0.3 is 0 Å². The fourth-order valence-electron chi connectivity index (χ4n) is 6.41. The van der Waals surface area contributed by atoms with Crippen LogP contribution in [0.3, 0.4) is 0 Å². The lowest BCUT2D eigenvalue weighted by molar-refractivity contribution is -0.133. The largest absolute Gasteiger partial charge is 0.508 e. The number of aromatic amines is 2. The van der Waals surface area contributed by atoms with E-state index in [2.05, 4.69) is 36.2 Å². The van der Waals surface area contributed by atoms with Crippen LogP contribution in [0.2, 0.25) is 0 Å². The third-order valence-electron chi connectivity index (χ3n) is 9.35. The van der Waals surface area contributed by atoms with E-state index in [-0.39, 0.29) is 48.6 Å². The molecule has 0 spiro atoms. The van der Waals surface area contributed by atoms with E-state index in [0.717, 1.165) is 16.5 Å². The summed E-state index contributed by atoms with van der Waals surface area (Å²) in [4.78, 5) is 78.5. The maximum Gasteiger partial charge on any atom is 0.269 e. The van der Waals surface area contributed by atoms with Gasteiger partial charge in [-0.15, -0.1) is 0 Å². The predicted molar refractivity (Wildman–Crippen MR) is 196 cm³/mol. The Morgan fingerprint density at radius 3 is 2.31 bits per heavy atom. The van der Waals surface area contributed by atoms with Crippen molar-refractivity contribution in [2.24, 2.45) is 5.73 Å². The Kier molecular flexibility index (Phi) is 13.2. The summed E-state index contributed by atoms with van der Waals surface area (Å²) < 4.78 is 0. The highest BCUT2D eigenvalue weighted by molar-refractivity contribution is 5.95. The van der Waals surface area contributed by atoms with Gasteiger partial charge in [0, 0.05) is 55.0 Å². The number of nitrogens with zero attached hydrogens (tertiary/aromatic N) is 1. The minimum atomic E-state index is -1.12. The average molecular weight is 713 g/mol. The lowest BCUT2D eigenvalue weighted by atomic mass is 10.0. The van der Waals surface area contributed by atoms with Crippen molar-refractivity contribution in [2.75, 3.05) is 13.1 Å². The summed E-state index contributed by atoms with van der Waals surface area (Å²) in [5, 5.41) is 22.2. The number of aromatic nitrogens is 3. The minimum absolute atomic E-state index is 0.0451. The Balaban J connectivity index is 1.47. The quantitative estimate of drug-likeness (QED) is 0.0990. The summed E-state index contributed by atoms with van der Waals surface area (Å²) in [6, 6.07) is 10.7. The number of aryl methyl sites for hydroxylation is 3. The molecule has 0 radical (unpaired) electrons. The third-order valence-corrected chi connectivity index (χ3v) is 9.35. The van der Waals surface area contributed by atoms with Gasteiger partial charge in [-0.1, -0.05) is 30.3 Å². The molecular weight excluding hydrogens is 664 g/mol. The number of nitrogens with two attached hydrogens (primary N) is 1. The Bertz CT molecular complexity index is 1920. The number of phenolic OH excluding ortho intramolecular Hbond substituents is 1. The van der Waals surface area contributed by atoms with Crippen molar-refractivity contribution in [3.63, 3.8) is 0 Å². The van der Waals surface area contributed by atoms with Crippen LogP contribution in [0.1, 0.15) is 66.7 Å². The van der Waals surface area contributed by atoms with Crippen molar-refractivity contribution in [3.05, 3.63) is 93.3 Å². The first-order chi connectivity index (χ1) is 25.1. The molecule has 0 saturated carbocycles. The number of unbranched alkanes of at least 4 members (excludes halogenated alkanes) is 1. The number of nitrogens with one attached hydrogen (secondary N) is 6. The SMILES string of the molecule is Cc1nc2c(=O)[nH]c1CCCCNC(=O)[C@H](CCCCN)NC(=O)[C@@H](Cc1c[nH]c3ccccc13)NC(=O)[C@H](Cc1ccc(O)cc1)NC(=O)CC2. The number of hydrogen-bond donors (Lipinski definition) is 8. The first-order valence-electron chi connectivity index (χ1n) is 17.9. The molecule has 0 saturated heterocycles. The van der Waals surface area contributed by atoms with Crippen LogP contribution < -0.4 is 32.6 Å². The molecule has 14 heteroatoms. The van der Waals surface area contributed by atoms with Crippen LogP contribution in [-0.2, 0) is 44.9 Å². The van der Waals surface area contributed by atoms with Gasteiger partial charge in [0.25, 0.3) is 5.56 Å². The number of amides is 4. The topological polar surface area (TPSA) is 224 Å². The van der Waals surface area contributed by atoms with E-state index in [1.807, 2.05) is 24.3 Å². The predicted octanol–water partition coefficient (Wildman–Crippen LogP) is 1.72. The van der Waals surface area contributed by atoms with E-state index in [0.29, 0.717) is 68.6 Å². The van der Waals surface area contributed by atoms with Crippen molar-refractivity contribution >= 4 is 34.5 Å². The normalized spacial score (nSPS) is 19.7. The molecule has 2 bridgehead atoms. The minimum Gasteiger partial charge on any atom is -0.508 e. The summed E-state index contributed by atoms with van der Waals surface area (Å²) in [7, 11) is 0. The Morgan fingerprint density at radius 2 is 1.54 bits per heavy atom. The highest BCUT2D eigenvalue weighted by Crippen LogP contribution is 2.20. The Hall–Kier alpha value is -5.50. The average Bonchev–Trinajstić information content (AvgIpc) is 3.54. The number of H-pyrrole nitrogens is 2. The smallest absolute Gasteiger partial charge is 0.269 e. The molecule has 52 heavy (non-hydrogen) atoms. The molecule has 9 N–H and O–H groups in total. The van der Waals surface area contributed by atoms with Gasteiger partial charge in [-0.05, 0) is 81.3 Å². The fraction of sp³-hybridized carbons (Fsp3) is 0.421. The highest BCUT2D eigenvalue weighted by atomic mass is 16.3. The van der Waals surface area contributed by atoms with Crippen molar-refractivity contribution in [1.29, 1.82) is 0 Å². The third kappa shape index (κ3) is 10.3. The summed E-state index contributed by atoms with van der Waals surface area (Å²) in [5.74, 6) is -1.95. The van der Waals surface area contributed by atoms with Crippen molar-refractivity contribution in [3.8, 4) is 5.75 Å². The van der Waals surface area contributed by atoms with Crippen LogP contribution in [0, 0.1) is 6.92 Å². The molecule has 2 aromatic heterocycles. The molecule has 0 fully saturated rings. The van der Waals surface area contributed by atoms with Gasteiger partial charge in [0.2, 0.25) is 23.6 Å². The van der Waals surface area contributed by atoms with Crippen molar-refractivity contribution in [2.45, 2.75) is 89.3 Å². The maximum atomic E-state index is 14.1. The number of para-hydroxylation sites is 1. The van der Waals surface area contributed by atoms with Gasteiger partial charge in [0.15, 0.2) is 0 Å². The molecule has 0 unspecified atom stereocenters. The molecule has 4 amide bonds. The molecule has 2 aliphatic heterocycles. The Labute approximate surface area is 301 Å². The fourth-order valence-corrected chi connectivity index (χ4v) is 6.41. The number of carbonyl (C=O) groups is 4. The number of phenols is 1. The molecular formula is C38H48N8O6. The molecule has 2 aromatic carbocycles. The standard InChI is InChI=1S/C38H48N8O6/c1-23-28-9-5-7-19-40-35(49)30(11-4-6-18-39)45-38(52)33(21-25-22-41-29-10-3-2-8-27(25)29)46-37(51)32(20-24-12-14-26(47)15-13-24)43-34(48)17-16-31(42-23)36(50)44-28/h2-3,8,10,12-15,22,30,32-33,41,47H,4-7,9,11,16-21,39H2,1H3,(H,40,49)(H,43,48)(H,44,50)(H,45,52)(H,46,51)/t30-,32-,33+/m0/s1. The molecule has 14 nitrogen and oxygen atoms in total. The first-order valence-corrected chi connectivity index (χ1v) is 17.9. The van der Waals surface area contributed by atoms with E-state index < -0.39 is 35.8 Å². The lowest BCUT2D eigenvalue weighted by Gasteiger charge is -2.26. The number of aromatic hydroxyl groups is 1. The number of benzene rings is 2. The van der Waals surface area contributed by atoms with Gasteiger partial charge < -0.3 is 42.1 Å². The lowest BCUT2D eigenvalue weighted by Crippen LogP contribution is -2.57. The van der Waals surface area contributed by atoms with Gasteiger partial charge in [0.05, 0.1) is 5.69 Å². The summed E-state index contributed by atoms with van der Waals surface area (Å²) in [5.41, 5.74) is 9.20. The molecule has 2 aliphatic rings. The summed E-state index contributed by atoms with van der Waals surface area (Å²) in [6.07, 6.45) is 5.34. The number of carbonyl (C=O) groups excluding carboxylic acids is 4. The maximum absolute atomic E-state index is 14.1.